The third kappa shape index (κ3) is 3.97. The van der Waals surface area contributed by atoms with E-state index >= 15 is 0 Å². The SMILES string of the molecule is Cc1ccc(C)c(C(O)=C2C(=O)C(=O)N(Cc3cccnc3)C2c2cccc(Cl)c2)c1. The fraction of sp³-hybridized carbons (Fsp3) is 0.160. The summed E-state index contributed by atoms with van der Waals surface area (Å²) >= 11 is 6.22. The molecule has 1 fully saturated rings. The highest BCUT2D eigenvalue weighted by atomic mass is 35.5. The van der Waals surface area contributed by atoms with Crippen LogP contribution in [0.4, 0.5) is 0 Å². The number of halogens is 1. The van der Waals surface area contributed by atoms with Crippen LogP contribution in [0.25, 0.3) is 5.76 Å². The van der Waals surface area contributed by atoms with E-state index in [1.165, 1.54) is 4.90 Å². The highest BCUT2D eigenvalue weighted by Crippen LogP contribution is 2.41. The zero-order valence-corrected chi connectivity index (χ0v) is 17.9. The quantitative estimate of drug-likeness (QED) is 0.359. The Labute approximate surface area is 185 Å². The molecule has 1 amide bonds. The molecule has 1 unspecified atom stereocenters. The van der Waals surface area contributed by atoms with E-state index in [9.17, 15) is 14.7 Å². The number of aliphatic hydroxyl groups is 1. The fourth-order valence-electron chi connectivity index (χ4n) is 3.89. The van der Waals surface area contributed by atoms with Crippen molar-refractivity contribution in [2.45, 2.75) is 26.4 Å². The van der Waals surface area contributed by atoms with Crippen molar-refractivity contribution < 1.29 is 14.7 Å². The summed E-state index contributed by atoms with van der Waals surface area (Å²) in [6, 6.07) is 15.5. The Morgan fingerprint density at radius 3 is 2.61 bits per heavy atom. The molecule has 156 valence electrons. The van der Waals surface area contributed by atoms with Crippen molar-refractivity contribution in [3.8, 4) is 0 Å². The first-order chi connectivity index (χ1) is 14.9. The molecule has 1 saturated heterocycles. The normalized spacial score (nSPS) is 17.9. The zero-order chi connectivity index (χ0) is 22.1. The molecule has 0 radical (unpaired) electrons. The van der Waals surface area contributed by atoms with E-state index in [4.69, 9.17) is 11.6 Å². The van der Waals surface area contributed by atoms with Crippen LogP contribution in [-0.4, -0.2) is 26.7 Å². The van der Waals surface area contributed by atoms with Gasteiger partial charge in [0.1, 0.15) is 5.76 Å². The summed E-state index contributed by atoms with van der Waals surface area (Å²) in [6.45, 7) is 3.94. The van der Waals surface area contributed by atoms with E-state index in [0.717, 1.165) is 16.7 Å². The third-order valence-electron chi connectivity index (χ3n) is 5.43. The molecule has 2 heterocycles. The number of aryl methyl sites for hydroxylation is 2. The van der Waals surface area contributed by atoms with Crippen molar-refractivity contribution in [2.24, 2.45) is 0 Å². The van der Waals surface area contributed by atoms with Gasteiger partial charge in [-0.1, -0.05) is 47.5 Å². The van der Waals surface area contributed by atoms with Gasteiger partial charge in [-0.25, -0.2) is 0 Å². The Balaban J connectivity index is 1.91. The summed E-state index contributed by atoms with van der Waals surface area (Å²) in [6.07, 6.45) is 3.30. The molecule has 2 aromatic carbocycles. The average molecular weight is 433 g/mol. The number of hydrogen-bond donors (Lipinski definition) is 1. The summed E-state index contributed by atoms with van der Waals surface area (Å²) in [7, 11) is 0. The van der Waals surface area contributed by atoms with Crippen LogP contribution >= 0.6 is 11.6 Å². The largest absolute Gasteiger partial charge is 0.507 e. The van der Waals surface area contributed by atoms with Crippen molar-refractivity contribution in [1.29, 1.82) is 0 Å². The molecule has 0 saturated carbocycles. The predicted molar refractivity (Wildman–Crippen MR) is 119 cm³/mol. The van der Waals surface area contributed by atoms with Gasteiger partial charge in [0.25, 0.3) is 11.7 Å². The standard InChI is InChI=1S/C25H21ClN2O3/c1-15-8-9-16(2)20(11-15)23(29)21-22(18-6-3-7-19(26)12-18)28(25(31)24(21)30)14-17-5-4-10-27-13-17/h3-13,22,29H,14H2,1-2H3. The van der Waals surface area contributed by atoms with E-state index in [1.807, 2.05) is 38.1 Å². The number of pyridine rings is 1. The minimum atomic E-state index is -0.765. The topological polar surface area (TPSA) is 70.5 Å². The van der Waals surface area contributed by atoms with Crippen LogP contribution in [0, 0.1) is 13.8 Å². The van der Waals surface area contributed by atoms with E-state index < -0.39 is 17.7 Å². The maximum absolute atomic E-state index is 13.1. The highest BCUT2D eigenvalue weighted by molar-refractivity contribution is 6.46. The number of ketones is 1. The van der Waals surface area contributed by atoms with E-state index in [-0.39, 0.29) is 17.9 Å². The van der Waals surface area contributed by atoms with Crippen molar-refractivity contribution in [2.75, 3.05) is 0 Å². The van der Waals surface area contributed by atoms with Gasteiger partial charge in [-0.05, 0) is 54.8 Å². The predicted octanol–water partition coefficient (Wildman–Crippen LogP) is 4.97. The van der Waals surface area contributed by atoms with Crippen molar-refractivity contribution in [3.05, 3.63) is 105 Å². The second kappa shape index (κ2) is 8.36. The molecule has 1 atom stereocenters. The second-order valence-corrected chi connectivity index (χ2v) is 8.10. The van der Waals surface area contributed by atoms with Gasteiger partial charge < -0.3 is 10.0 Å². The van der Waals surface area contributed by atoms with Gasteiger partial charge in [0, 0.05) is 29.5 Å². The molecular weight excluding hydrogens is 412 g/mol. The van der Waals surface area contributed by atoms with Gasteiger partial charge in [-0.3, -0.25) is 14.6 Å². The number of Topliss-reactive ketones (excluding diaryl/α,β-unsaturated/α-hetero) is 1. The Kier molecular flexibility index (Phi) is 5.61. The molecule has 0 aliphatic carbocycles. The van der Waals surface area contributed by atoms with Gasteiger partial charge in [0.2, 0.25) is 0 Å². The van der Waals surface area contributed by atoms with Crippen LogP contribution in [0.15, 0.2) is 72.6 Å². The lowest BCUT2D eigenvalue weighted by Crippen LogP contribution is -2.29. The van der Waals surface area contributed by atoms with Crippen LogP contribution in [0.1, 0.15) is 33.9 Å². The number of hydrogen-bond acceptors (Lipinski definition) is 4. The van der Waals surface area contributed by atoms with E-state index in [2.05, 4.69) is 4.98 Å². The van der Waals surface area contributed by atoms with Crippen LogP contribution in [0.5, 0.6) is 0 Å². The minimum absolute atomic E-state index is 0.0601. The molecular formula is C25H21ClN2O3. The van der Waals surface area contributed by atoms with Gasteiger partial charge in [0.15, 0.2) is 0 Å². The van der Waals surface area contributed by atoms with Crippen molar-refractivity contribution in [1.82, 2.24) is 9.88 Å². The number of rotatable bonds is 4. The lowest BCUT2D eigenvalue weighted by Gasteiger charge is -2.25. The number of benzene rings is 2. The molecule has 1 aromatic heterocycles. The third-order valence-corrected chi connectivity index (χ3v) is 5.66. The number of aromatic nitrogens is 1. The average Bonchev–Trinajstić information content (AvgIpc) is 3.00. The Bertz CT molecular complexity index is 1200. The maximum Gasteiger partial charge on any atom is 0.295 e. The Morgan fingerprint density at radius 1 is 1.10 bits per heavy atom. The van der Waals surface area contributed by atoms with Gasteiger partial charge in [-0.15, -0.1) is 0 Å². The summed E-state index contributed by atoms with van der Waals surface area (Å²) in [5.41, 5.74) is 3.78. The van der Waals surface area contributed by atoms with Crippen LogP contribution in [0.3, 0.4) is 0 Å². The molecule has 1 aliphatic heterocycles. The number of amides is 1. The Hall–Kier alpha value is -3.44. The molecule has 0 bridgehead atoms. The number of carbonyl (C=O) groups is 2. The molecule has 31 heavy (non-hydrogen) atoms. The Morgan fingerprint density at radius 2 is 1.90 bits per heavy atom. The molecule has 1 N–H and O–H groups in total. The van der Waals surface area contributed by atoms with Crippen molar-refractivity contribution in [3.63, 3.8) is 0 Å². The number of nitrogens with zero attached hydrogens (tertiary/aromatic N) is 2. The first-order valence-corrected chi connectivity index (χ1v) is 10.2. The first-order valence-electron chi connectivity index (χ1n) is 9.87. The van der Waals surface area contributed by atoms with Crippen LogP contribution in [-0.2, 0) is 16.1 Å². The molecule has 0 spiro atoms. The minimum Gasteiger partial charge on any atom is -0.507 e. The molecule has 6 heteroatoms. The molecule has 4 rings (SSSR count). The van der Waals surface area contributed by atoms with E-state index in [0.29, 0.717) is 16.1 Å². The molecule has 3 aromatic rings. The smallest absolute Gasteiger partial charge is 0.295 e. The molecule has 5 nitrogen and oxygen atoms in total. The summed E-state index contributed by atoms with van der Waals surface area (Å²) in [5, 5.41) is 11.7. The second-order valence-electron chi connectivity index (χ2n) is 7.66. The lowest BCUT2D eigenvalue weighted by atomic mass is 9.93. The summed E-state index contributed by atoms with van der Waals surface area (Å²) in [5.74, 6) is -1.56. The maximum atomic E-state index is 13.1. The first kappa shape index (κ1) is 20.8. The zero-order valence-electron chi connectivity index (χ0n) is 17.2. The van der Waals surface area contributed by atoms with Crippen molar-refractivity contribution >= 4 is 29.1 Å². The number of carbonyl (C=O) groups excluding carboxylic acids is 2. The van der Waals surface area contributed by atoms with Gasteiger partial charge >= 0.3 is 0 Å². The summed E-state index contributed by atoms with van der Waals surface area (Å²) < 4.78 is 0. The van der Waals surface area contributed by atoms with Gasteiger partial charge in [0.05, 0.1) is 11.6 Å². The van der Waals surface area contributed by atoms with Crippen LogP contribution in [0.2, 0.25) is 5.02 Å². The number of aliphatic hydroxyl groups excluding tert-OH is 1. The number of likely N-dealkylation sites (tertiary alicyclic amines) is 1. The van der Waals surface area contributed by atoms with E-state index in [1.54, 1.807) is 42.7 Å². The highest BCUT2D eigenvalue weighted by Gasteiger charge is 2.46. The lowest BCUT2D eigenvalue weighted by molar-refractivity contribution is -0.140. The fourth-order valence-corrected chi connectivity index (χ4v) is 4.09. The molecule has 1 aliphatic rings. The summed E-state index contributed by atoms with van der Waals surface area (Å²) in [4.78, 5) is 31.7. The monoisotopic (exact) mass is 432 g/mol. The van der Waals surface area contributed by atoms with Gasteiger partial charge in [-0.2, -0.15) is 0 Å². The van der Waals surface area contributed by atoms with Crippen LogP contribution < -0.4 is 0 Å².